The molecule has 1 rings (SSSR count). The van der Waals surface area contributed by atoms with E-state index in [0.29, 0.717) is 13.0 Å². The van der Waals surface area contributed by atoms with Crippen molar-refractivity contribution < 1.29 is 14.3 Å². The molecule has 82 valence electrons. The minimum absolute atomic E-state index is 0.0390. The number of aliphatic carboxylic acids is 1. The van der Waals surface area contributed by atoms with Gasteiger partial charge in [0.1, 0.15) is 6.04 Å². The molecule has 0 amide bonds. The SMILES string of the molecule is CC[C@@H](C(=O)O)N1CCC[C@H](CF)C1. The molecule has 0 saturated carbocycles. The number of alkyl halides is 1. The molecule has 3 nitrogen and oxygen atoms in total. The summed E-state index contributed by atoms with van der Waals surface area (Å²) >= 11 is 0. The van der Waals surface area contributed by atoms with E-state index < -0.39 is 12.0 Å². The van der Waals surface area contributed by atoms with Gasteiger partial charge in [0.25, 0.3) is 0 Å². The van der Waals surface area contributed by atoms with Gasteiger partial charge in [0.2, 0.25) is 0 Å². The van der Waals surface area contributed by atoms with E-state index in [2.05, 4.69) is 0 Å². The summed E-state index contributed by atoms with van der Waals surface area (Å²) in [6, 6.07) is -0.427. The fourth-order valence-corrected chi connectivity index (χ4v) is 2.10. The Kier molecular flexibility index (Phi) is 4.32. The zero-order chi connectivity index (χ0) is 10.6. The van der Waals surface area contributed by atoms with Gasteiger partial charge in [-0.3, -0.25) is 14.1 Å². The molecule has 0 aromatic heterocycles. The van der Waals surface area contributed by atoms with Gasteiger partial charge in [0.15, 0.2) is 0 Å². The summed E-state index contributed by atoms with van der Waals surface area (Å²) in [5.74, 6) is -0.746. The number of halogens is 1. The average Bonchev–Trinajstić information content (AvgIpc) is 2.19. The number of hydrogen-bond donors (Lipinski definition) is 1. The summed E-state index contributed by atoms with van der Waals surface area (Å²) in [5.41, 5.74) is 0. The van der Waals surface area contributed by atoms with Crippen LogP contribution < -0.4 is 0 Å². The van der Waals surface area contributed by atoms with E-state index in [4.69, 9.17) is 5.11 Å². The predicted molar refractivity (Wildman–Crippen MR) is 52.0 cm³/mol. The third-order valence-electron chi connectivity index (χ3n) is 2.88. The summed E-state index contributed by atoms with van der Waals surface area (Å²) in [6.07, 6.45) is 2.40. The summed E-state index contributed by atoms with van der Waals surface area (Å²) in [4.78, 5) is 12.8. The molecule has 0 radical (unpaired) electrons. The summed E-state index contributed by atoms with van der Waals surface area (Å²) in [7, 11) is 0. The first-order valence-corrected chi connectivity index (χ1v) is 5.21. The van der Waals surface area contributed by atoms with Crippen LogP contribution in [0.4, 0.5) is 4.39 Å². The molecule has 0 aliphatic carbocycles. The van der Waals surface area contributed by atoms with Crippen LogP contribution >= 0.6 is 0 Å². The van der Waals surface area contributed by atoms with Crippen LogP contribution in [-0.2, 0) is 4.79 Å². The third-order valence-corrected chi connectivity index (χ3v) is 2.88. The number of carboxylic acids is 1. The van der Waals surface area contributed by atoms with Gasteiger partial charge >= 0.3 is 5.97 Å². The van der Waals surface area contributed by atoms with Crippen LogP contribution in [0.1, 0.15) is 26.2 Å². The van der Waals surface area contributed by atoms with Crippen LogP contribution in [0.25, 0.3) is 0 Å². The lowest BCUT2D eigenvalue weighted by Gasteiger charge is -2.35. The standard InChI is InChI=1S/C10H18FNO2/c1-2-9(10(13)14)12-5-3-4-8(6-11)7-12/h8-9H,2-7H2,1H3,(H,13,14)/t8-,9+/m1/s1. The molecule has 1 N–H and O–H groups in total. The number of piperidine rings is 1. The summed E-state index contributed by atoms with van der Waals surface area (Å²) in [5, 5.41) is 8.95. The molecule has 0 unspecified atom stereocenters. The van der Waals surface area contributed by atoms with Crippen molar-refractivity contribution in [3.05, 3.63) is 0 Å². The average molecular weight is 203 g/mol. The van der Waals surface area contributed by atoms with Crippen molar-refractivity contribution >= 4 is 5.97 Å². The van der Waals surface area contributed by atoms with Crippen LogP contribution in [0.15, 0.2) is 0 Å². The quantitative estimate of drug-likeness (QED) is 0.753. The molecular weight excluding hydrogens is 185 g/mol. The Morgan fingerprint density at radius 1 is 1.71 bits per heavy atom. The van der Waals surface area contributed by atoms with Gasteiger partial charge in [-0.05, 0) is 25.8 Å². The monoisotopic (exact) mass is 203 g/mol. The Balaban J connectivity index is 2.53. The maximum Gasteiger partial charge on any atom is 0.320 e. The zero-order valence-electron chi connectivity index (χ0n) is 8.58. The highest BCUT2D eigenvalue weighted by Crippen LogP contribution is 2.20. The number of rotatable bonds is 4. The largest absolute Gasteiger partial charge is 0.480 e. The van der Waals surface area contributed by atoms with E-state index >= 15 is 0 Å². The Hall–Kier alpha value is -0.640. The van der Waals surface area contributed by atoms with E-state index in [1.54, 1.807) is 0 Å². The van der Waals surface area contributed by atoms with Crippen LogP contribution in [0.3, 0.4) is 0 Å². The fourth-order valence-electron chi connectivity index (χ4n) is 2.10. The molecule has 0 spiro atoms. The minimum Gasteiger partial charge on any atom is -0.480 e. The lowest BCUT2D eigenvalue weighted by molar-refractivity contribution is -0.144. The first kappa shape index (κ1) is 11.4. The molecule has 1 fully saturated rings. The molecule has 0 aromatic carbocycles. The van der Waals surface area contributed by atoms with E-state index in [9.17, 15) is 9.18 Å². The summed E-state index contributed by atoms with van der Waals surface area (Å²) in [6.45, 7) is 2.92. The second-order valence-corrected chi connectivity index (χ2v) is 3.92. The molecule has 0 aromatic rings. The zero-order valence-corrected chi connectivity index (χ0v) is 8.58. The highest BCUT2D eigenvalue weighted by molar-refractivity contribution is 5.73. The van der Waals surface area contributed by atoms with Crippen LogP contribution in [0.2, 0.25) is 0 Å². The van der Waals surface area contributed by atoms with E-state index in [1.165, 1.54) is 0 Å². The van der Waals surface area contributed by atoms with Crippen LogP contribution in [-0.4, -0.2) is 41.8 Å². The molecule has 1 heterocycles. The lowest BCUT2D eigenvalue weighted by Crippen LogP contribution is -2.46. The van der Waals surface area contributed by atoms with Crippen molar-refractivity contribution in [3.8, 4) is 0 Å². The van der Waals surface area contributed by atoms with Crippen LogP contribution in [0.5, 0.6) is 0 Å². The molecule has 1 saturated heterocycles. The van der Waals surface area contributed by atoms with E-state index in [-0.39, 0.29) is 12.6 Å². The maximum atomic E-state index is 12.4. The molecule has 4 heteroatoms. The maximum absolute atomic E-state index is 12.4. The second-order valence-electron chi connectivity index (χ2n) is 3.92. The number of carboxylic acid groups (broad SMARTS) is 1. The van der Waals surface area contributed by atoms with Crippen molar-refractivity contribution in [2.24, 2.45) is 5.92 Å². The normalized spacial score (nSPS) is 26.0. The fraction of sp³-hybridized carbons (Fsp3) is 0.900. The molecule has 14 heavy (non-hydrogen) atoms. The minimum atomic E-state index is -0.785. The second kappa shape index (κ2) is 5.29. The van der Waals surface area contributed by atoms with Gasteiger partial charge in [0.05, 0.1) is 6.67 Å². The molecule has 1 aliphatic rings. The van der Waals surface area contributed by atoms with Crippen molar-refractivity contribution in [2.75, 3.05) is 19.8 Å². The Morgan fingerprint density at radius 2 is 2.43 bits per heavy atom. The van der Waals surface area contributed by atoms with Gasteiger partial charge < -0.3 is 5.11 Å². The van der Waals surface area contributed by atoms with Crippen molar-refractivity contribution in [3.63, 3.8) is 0 Å². The van der Waals surface area contributed by atoms with Gasteiger partial charge in [0, 0.05) is 12.5 Å². The number of nitrogens with zero attached hydrogens (tertiary/aromatic N) is 1. The molecule has 2 atom stereocenters. The van der Waals surface area contributed by atoms with Gasteiger partial charge in [-0.2, -0.15) is 0 Å². The Labute approximate surface area is 83.9 Å². The molecular formula is C10H18FNO2. The van der Waals surface area contributed by atoms with E-state index in [1.807, 2.05) is 11.8 Å². The first-order chi connectivity index (χ1) is 6.69. The van der Waals surface area contributed by atoms with Crippen molar-refractivity contribution in [1.82, 2.24) is 4.90 Å². The first-order valence-electron chi connectivity index (χ1n) is 5.21. The third kappa shape index (κ3) is 2.67. The van der Waals surface area contributed by atoms with Crippen LogP contribution in [0, 0.1) is 5.92 Å². The lowest BCUT2D eigenvalue weighted by atomic mass is 9.97. The van der Waals surface area contributed by atoms with Crippen molar-refractivity contribution in [1.29, 1.82) is 0 Å². The topological polar surface area (TPSA) is 40.5 Å². The van der Waals surface area contributed by atoms with Crippen molar-refractivity contribution in [2.45, 2.75) is 32.2 Å². The molecule has 1 aliphatic heterocycles. The smallest absolute Gasteiger partial charge is 0.320 e. The Bertz CT molecular complexity index is 199. The van der Waals surface area contributed by atoms with Gasteiger partial charge in [-0.25, -0.2) is 0 Å². The number of likely N-dealkylation sites (tertiary alicyclic amines) is 1. The van der Waals surface area contributed by atoms with E-state index in [0.717, 1.165) is 19.4 Å². The predicted octanol–water partition coefficient (Wildman–Crippen LogP) is 1.53. The highest BCUT2D eigenvalue weighted by Gasteiger charge is 2.28. The number of hydrogen-bond acceptors (Lipinski definition) is 2. The Morgan fingerprint density at radius 3 is 2.93 bits per heavy atom. The number of carbonyl (C=O) groups is 1. The summed E-state index contributed by atoms with van der Waals surface area (Å²) < 4.78 is 12.4. The van der Waals surface area contributed by atoms with Gasteiger partial charge in [-0.15, -0.1) is 0 Å². The molecule has 0 bridgehead atoms. The van der Waals surface area contributed by atoms with Gasteiger partial charge in [-0.1, -0.05) is 6.92 Å². The highest BCUT2D eigenvalue weighted by atomic mass is 19.1.